The standard InChI is InChI=1S/C21H18Cl2N2O3S/c1-14-6-9-18(10-7-14)29(27,28)25(2)17-5-3-4-15(12-17)21(26)24-20-13-16(22)8-11-19(20)23/h3-13H,1-2H3,(H,24,26). The van der Waals surface area contributed by atoms with E-state index in [1.165, 1.54) is 13.1 Å². The van der Waals surface area contributed by atoms with Gasteiger partial charge in [-0.2, -0.15) is 0 Å². The summed E-state index contributed by atoms with van der Waals surface area (Å²) in [5.41, 5.74) is 1.97. The summed E-state index contributed by atoms with van der Waals surface area (Å²) < 4.78 is 26.9. The highest BCUT2D eigenvalue weighted by Crippen LogP contribution is 2.27. The molecule has 29 heavy (non-hydrogen) atoms. The van der Waals surface area contributed by atoms with E-state index in [1.54, 1.807) is 60.7 Å². The fourth-order valence-corrected chi connectivity index (χ4v) is 4.16. The molecule has 0 atom stereocenters. The topological polar surface area (TPSA) is 66.5 Å². The van der Waals surface area contributed by atoms with E-state index in [0.29, 0.717) is 21.4 Å². The highest BCUT2D eigenvalue weighted by atomic mass is 35.5. The molecular formula is C21H18Cl2N2O3S. The molecule has 0 fully saturated rings. The normalized spacial score (nSPS) is 11.2. The smallest absolute Gasteiger partial charge is 0.264 e. The quantitative estimate of drug-likeness (QED) is 0.569. The van der Waals surface area contributed by atoms with E-state index in [1.807, 2.05) is 6.92 Å². The number of sulfonamides is 1. The molecule has 150 valence electrons. The summed E-state index contributed by atoms with van der Waals surface area (Å²) in [6, 6.07) is 17.6. The van der Waals surface area contributed by atoms with Crippen LogP contribution >= 0.6 is 23.2 Å². The van der Waals surface area contributed by atoms with Gasteiger partial charge in [0.25, 0.3) is 15.9 Å². The van der Waals surface area contributed by atoms with E-state index in [0.717, 1.165) is 9.87 Å². The molecule has 3 aromatic rings. The van der Waals surface area contributed by atoms with Gasteiger partial charge >= 0.3 is 0 Å². The Morgan fingerprint density at radius 1 is 0.966 bits per heavy atom. The van der Waals surface area contributed by atoms with E-state index in [2.05, 4.69) is 5.32 Å². The van der Waals surface area contributed by atoms with Crippen LogP contribution in [0.2, 0.25) is 10.0 Å². The molecule has 0 heterocycles. The summed E-state index contributed by atoms with van der Waals surface area (Å²) in [6.45, 7) is 1.88. The fraction of sp³-hybridized carbons (Fsp3) is 0.0952. The lowest BCUT2D eigenvalue weighted by atomic mass is 10.2. The average Bonchev–Trinajstić information content (AvgIpc) is 2.70. The van der Waals surface area contributed by atoms with Gasteiger partial charge in [-0.3, -0.25) is 9.10 Å². The Kier molecular flexibility index (Phi) is 6.17. The first-order valence-corrected chi connectivity index (χ1v) is 10.8. The van der Waals surface area contributed by atoms with Crippen LogP contribution in [0.3, 0.4) is 0 Å². The number of amides is 1. The predicted molar refractivity (Wildman–Crippen MR) is 118 cm³/mol. The molecule has 0 aromatic heterocycles. The molecule has 0 aliphatic rings. The molecule has 1 amide bonds. The number of hydrogen-bond acceptors (Lipinski definition) is 3. The molecule has 0 spiro atoms. The van der Waals surface area contributed by atoms with Crippen molar-refractivity contribution < 1.29 is 13.2 Å². The summed E-state index contributed by atoms with van der Waals surface area (Å²) in [7, 11) is -2.31. The van der Waals surface area contributed by atoms with Gasteiger partial charge < -0.3 is 5.32 Å². The molecule has 8 heteroatoms. The molecule has 0 saturated heterocycles. The van der Waals surface area contributed by atoms with Gasteiger partial charge in [0, 0.05) is 17.6 Å². The maximum Gasteiger partial charge on any atom is 0.264 e. The summed E-state index contributed by atoms with van der Waals surface area (Å²) in [5.74, 6) is -0.433. The van der Waals surface area contributed by atoms with Crippen molar-refractivity contribution in [3.05, 3.63) is 87.9 Å². The zero-order valence-electron chi connectivity index (χ0n) is 15.7. The first-order valence-electron chi connectivity index (χ1n) is 8.60. The number of anilines is 2. The lowest BCUT2D eigenvalue weighted by Gasteiger charge is -2.20. The molecule has 3 aromatic carbocycles. The van der Waals surface area contributed by atoms with Crippen LogP contribution in [0, 0.1) is 6.92 Å². The van der Waals surface area contributed by atoms with Gasteiger partial charge in [-0.25, -0.2) is 8.42 Å². The van der Waals surface area contributed by atoms with E-state index in [-0.39, 0.29) is 10.5 Å². The van der Waals surface area contributed by atoms with Crippen molar-refractivity contribution in [3.8, 4) is 0 Å². The molecule has 0 radical (unpaired) electrons. The van der Waals surface area contributed by atoms with Crippen LogP contribution in [0.25, 0.3) is 0 Å². The fourth-order valence-electron chi connectivity index (χ4n) is 2.64. The molecule has 0 aliphatic heterocycles. The van der Waals surface area contributed by atoms with Gasteiger partial charge in [0.2, 0.25) is 0 Å². The van der Waals surface area contributed by atoms with Crippen LogP contribution in [-0.2, 0) is 10.0 Å². The largest absolute Gasteiger partial charge is 0.321 e. The van der Waals surface area contributed by atoms with Gasteiger partial charge in [0.15, 0.2) is 0 Å². The second kappa shape index (κ2) is 8.45. The molecule has 0 saturated carbocycles. The zero-order valence-corrected chi connectivity index (χ0v) is 18.0. The van der Waals surface area contributed by atoms with Gasteiger partial charge in [-0.05, 0) is 55.5 Å². The van der Waals surface area contributed by atoms with Crippen molar-refractivity contribution in [1.82, 2.24) is 0 Å². The lowest BCUT2D eigenvalue weighted by Crippen LogP contribution is -2.27. The van der Waals surface area contributed by atoms with Crippen LogP contribution in [0.4, 0.5) is 11.4 Å². The Morgan fingerprint density at radius 3 is 2.34 bits per heavy atom. The maximum atomic E-state index is 12.9. The van der Waals surface area contributed by atoms with Gasteiger partial charge in [0.05, 0.1) is 21.3 Å². The Hall–Kier alpha value is -2.54. The second-order valence-electron chi connectivity index (χ2n) is 6.41. The minimum atomic E-state index is -3.76. The maximum absolute atomic E-state index is 12.9. The number of hydrogen-bond donors (Lipinski definition) is 1. The molecule has 0 unspecified atom stereocenters. The number of halogens is 2. The minimum absolute atomic E-state index is 0.172. The van der Waals surface area contributed by atoms with Gasteiger partial charge in [-0.1, -0.05) is 47.0 Å². The van der Waals surface area contributed by atoms with Crippen LogP contribution < -0.4 is 9.62 Å². The SMILES string of the molecule is Cc1ccc(S(=O)(=O)N(C)c2cccc(C(=O)Nc3cc(Cl)ccc3Cl)c2)cc1. The van der Waals surface area contributed by atoms with E-state index in [4.69, 9.17) is 23.2 Å². The summed E-state index contributed by atoms with van der Waals surface area (Å²) >= 11 is 12.0. The Bertz CT molecular complexity index is 1160. The first kappa shape index (κ1) is 21.2. The van der Waals surface area contributed by atoms with Gasteiger partial charge in [-0.15, -0.1) is 0 Å². The molecule has 3 rings (SSSR count). The zero-order chi connectivity index (χ0) is 21.2. The third-order valence-electron chi connectivity index (χ3n) is 4.33. The Balaban J connectivity index is 1.87. The van der Waals surface area contributed by atoms with Crippen molar-refractivity contribution in [2.45, 2.75) is 11.8 Å². The Labute approximate surface area is 179 Å². The molecule has 0 aliphatic carbocycles. The number of carbonyl (C=O) groups is 1. The third-order valence-corrected chi connectivity index (χ3v) is 6.69. The molecule has 1 N–H and O–H groups in total. The molecular weight excluding hydrogens is 431 g/mol. The highest BCUT2D eigenvalue weighted by Gasteiger charge is 2.22. The Morgan fingerprint density at radius 2 is 1.66 bits per heavy atom. The number of benzene rings is 3. The third kappa shape index (κ3) is 4.72. The second-order valence-corrected chi connectivity index (χ2v) is 9.23. The van der Waals surface area contributed by atoms with Crippen LogP contribution in [-0.4, -0.2) is 21.4 Å². The van der Waals surface area contributed by atoms with Crippen molar-refractivity contribution >= 4 is 50.5 Å². The van der Waals surface area contributed by atoms with E-state index in [9.17, 15) is 13.2 Å². The van der Waals surface area contributed by atoms with Crippen molar-refractivity contribution in [1.29, 1.82) is 0 Å². The van der Waals surface area contributed by atoms with Crippen molar-refractivity contribution in [2.75, 3.05) is 16.7 Å². The molecule has 5 nitrogen and oxygen atoms in total. The predicted octanol–water partition coefficient (Wildman–Crippen LogP) is 5.38. The minimum Gasteiger partial charge on any atom is -0.321 e. The summed E-state index contributed by atoms with van der Waals surface area (Å²) in [5, 5.41) is 3.46. The number of aryl methyl sites for hydroxylation is 1. The van der Waals surface area contributed by atoms with Crippen LogP contribution in [0.15, 0.2) is 71.6 Å². The average molecular weight is 449 g/mol. The number of nitrogens with zero attached hydrogens (tertiary/aromatic N) is 1. The van der Waals surface area contributed by atoms with E-state index >= 15 is 0 Å². The van der Waals surface area contributed by atoms with Crippen LogP contribution in [0.5, 0.6) is 0 Å². The molecule has 0 bridgehead atoms. The summed E-state index contributed by atoms with van der Waals surface area (Å²) in [6.07, 6.45) is 0. The number of nitrogens with one attached hydrogen (secondary N) is 1. The number of carbonyl (C=O) groups excluding carboxylic acids is 1. The number of rotatable bonds is 5. The van der Waals surface area contributed by atoms with Crippen molar-refractivity contribution in [3.63, 3.8) is 0 Å². The highest BCUT2D eigenvalue weighted by molar-refractivity contribution is 7.92. The monoisotopic (exact) mass is 448 g/mol. The van der Waals surface area contributed by atoms with Gasteiger partial charge in [0.1, 0.15) is 0 Å². The lowest BCUT2D eigenvalue weighted by molar-refractivity contribution is 0.102. The van der Waals surface area contributed by atoms with E-state index < -0.39 is 15.9 Å². The summed E-state index contributed by atoms with van der Waals surface area (Å²) in [4.78, 5) is 12.8. The first-order chi connectivity index (χ1) is 13.7. The van der Waals surface area contributed by atoms with Crippen LogP contribution in [0.1, 0.15) is 15.9 Å². The van der Waals surface area contributed by atoms with Crippen molar-refractivity contribution in [2.24, 2.45) is 0 Å².